The Morgan fingerprint density at radius 1 is 1.18 bits per heavy atom. The van der Waals surface area contributed by atoms with Crippen molar-refractivity contribution in [2.75, 3.05) is 18.1 Å². The first-order valence-electron chi connectivity index (χ1n) is 6.68. The number of rotatable bonds is 9. The summed E-state index contributed by atoms with van der Waals surface area (Å²) in [5.41, 5.74) is 0.0985. The van der Waals surface area contributed by atoms with Crippen LogP contribution in [0, 0.1) is 5.41 Å². The lowest BCUT2D eigenvalue weighted by Gasteiger charge is -2.30. The van der Waals surface area contributed by atoms with Crippen molar-refractivity contribution < 1.29 is 8.42 Å². The monoisotopic (exact) mass is 263 g/mol. The molecule has 1 atom stereocenters. The van der Waals surface area contributed by atoms with Crippen molar-refractivity contribution in [2.24, 2.45) is 5.41 Å². The van der Waals surface area contributed by atoms with E-state index in [0.29, 0.717) is 11.8 Å². The number of nitrogens with one attached hydrogen (secondary N) is 1. The lowest BCUT2D eigenvalue weighted by molar-refractivity contribution is 0.260. The van der Waals surface area contributed by atoms with E-state index in [-0.39, 0.29) is 11.2 Å². The van der Waals surface area contributed by atoms with Crippen molar-refractivity contribution in [3.05, 3.63) is 0 Å². The van der Waals surface area contributed by atoms with Crippen LogP contribution in [-0.2, 0) is 9.84 Å². The van der Waals surface area contributed by atoms with Crippen LogP contribution in [0.4, 0.5) is 0 Å². The summed E-state index contributed by atoms with van der Waals surface area (Å²) in [5, 5.41) is 3.43. The number of sulfone groups is 1. The molecule has 0 aromatic rings. The van der Waals surface area contributed by atoms with Crippen LogP contribution in [0.3, 0.4) is 0 Å². The first kappa shape index (κ1) is 16.9. The highest BCUT2D eigenvalue weighted by Gasteiger charge is 2.25. The molecular weight excluding hydrogens is 234 g/mol. The molecule has 0 bridgehead atoms. The third-order valence-corrected chi connectivity index (χ3v) is 4.95. The van der Waals surface area contributed by atoms with Gasteiger partial charge in [0, 0.05) is 18.3 Å². The van der Waals surface area contributed by atoms with Gasteiger partial charge in [-0.25, -0.2) is 8.42 Å². The van der Waals surface area contributed by atoms with Gasteiger partial charge in [-0.1, -0.05) is 41.0 Å². The van der Waals surface area contributed by atoms with Gasteiger partial charge >= 0.3 is 0 Å². The summed E-state index contributed by atoms with van der Waals surface area (Å²) in [6, 6.07) is 0.453. The predicted octanol–water partition coefficient (Wildman–Crippen LogP) is 2.62. The van der Waals surface area contributed by atoms with E-state index in [2.05, 4.69) is 33.0 Å². The summed E-state index contributed by atoms with van der Waals surface area (Å²) in [4.78, 5) is 0. The zero-order valence-corrected chi connectivity index (χ0v) is 12.9. The third-order valence-electron chi connectivity index (χ3n) is 3.25. The second-order valence-electron chi connectivity index (χ2n) is 5.58. The zero-order valence-electron chi connectivity index (χ0n) is 12.0. The summed E-state index contributed by atoms with van der Waals surface area (Å²) < 4.78 is 23.1. The van der Waals surface area contributed by atoms with Crippen molar-refractivity contribution in [1.29, 1.82) is 0 Å². The fourth-order valence-electron chi connectivity index (χ4n) is 1.90. The molecule has 0 aliphatic carbocycles. The molecule has 0 aliphatic heterocycles. The van der Waals surface area contributed by atoms with Gasteiger partial charge in [0.05, 0.1) is 5.75 Å². The number of hydrogen-bond acceptors (Lipinski definition) is 3. The third kappa shape index (κ3) is 7.77. The summed E-state index contributed by atoms with van der Waals surface area (Å²) in [5.74, 6) is 0.576. The summed E-state index contributed by atoms with van der Waals surface area (Å²) in [7, 11) is -2.84. The van der Waals surface area contributed by atoms with Gasteiger partial charge in [0.25, 0.3) is 0 Å². The highest BCUT2D eigenvalue weighted by molar-refractivity contribution is 7.91. The lowest BCUT2D eigenvalue weighted by Crippen LogP contribution is -2.37. The van der Waals surface area contributed by atoms with Crippen molar-refractivity contribution in [1.82, 2.24) is 5.32 Å². The summed E-state index contributed by atoms with van der Waals surface area (Å²) in [6.45, 7) is 11.2. The van der Waals surface area contributed by atoms with Gasteiger partial charge in [0.1, 0.15) is 9.84 Å². The molecule has 1 unspecified atom stereocenters. The average molecular weight is 263 g/mol. The van der Waals surface area contributed by atoms with E-state index in [9.17, 15) is 8.42 Å². The molecule has 0 spiro atoms. The maximum atomic E-state index is 11.6. The molecule has 0 saturated carbocycles. The van der Waals surface area contributed by atoms with Crippen LogP contribution in [0.5, 0.6) is 0 Å². The Labute approximate surface area is 107 Å². The standard InChI is InChI=1S/C13H29NO2S/c1-6-8-13(5,11-14-12(3)4)9-10-17(15,16)7-2/h12,14H,6-11H2,1-5H3. The lowest BCUT2D eigenvalue weighted by atomic mass is 9.82. The van der Waals surface area contributed by atoms with E-state index in [0.717, 1.165) is 25.8 Å². The fraction of sp³-hybridized carbons (Fsp3) is 1.00. The van der Waals surface area contributed by atoms with Gasteiger partial charge in [-0.2, -0.15) is 0 Å². The molecule has 1 N–H and O–H groups in total. The minimum Gasteiger partial charge on any atom is -0.314 e. The van der Waals surface area contributed by atoms with Crippen molar-refractivity contribution in [3.8, 4) is 0 Å². The van der Waals surface area contributed by atoms with E-state index in [1.54, 1.807) is 6.92 Å². The van der Waals surface area contributed by atoms with E-state index in [1.807, 2.05) is 0 Å². The van der Waals surface area contributed by atoms with Gasteiger partial charge in [-0.3, -0.25) is 0 Å². The molecule has 0 amide bonds. The van der Waals surface area contributed by atoms with Crippen molar-refractivity contribution in [3.63, 3.8) is 0 Å². The highest BCUT2D eigenvalue weighted by atomic mass is 32.2. The Kier molecular flexibility index (Phi) is 7.33. The Balaban J connectivity index is 4.40. The Bertz CT molecular complexity index is 299. The molecule has 0 heterocycles. The maximum absolute atomic E-state index is 11.6. The topological polar surface area (TPSA) is 46.2 Å². The normalized spacial score (nSPS) is 16.1. The molecule has 0 aromatic heterocycles. The molecule has 4 heteroatoms. The first-order valence-corrected chi connectivity index (χ1v) is 8.50. The summed E-state index contributed by atoms with van der Waals surface area (Å²) >= 11 is 0. The Hall–Kier alpha value is -0.0900. The van der Waals surface area contributed by atoms with E-state index < -0.39 is 9.84 Å². The van der Waals surface area contributed by atoms with Gasteiger partial charge < -0.3 is 5.32 Å². The van der Waals surface area contributed by atoms with E-state index in [1.165, 1.54) is 0 Å². The van der Waals surface area contributed by atoms with Crippen LogP contribution in [0.1, 0.15) is 53.9 Å². The van der Waals surface area contributed by atoms with Crippen LogP contribution in [0.25, 0.3) is 0 Å². The minimum absolute atomic E-state index is 0.0985. The largest absolute Gasteiger partial charge is 0.314 e. The van der Waals surface area contributed by atoms with E-state index >= 15 is 0 Å². The molecule has 0 aliphatic rings. The fourth-order valence-corrected chi connectivity index (χ4v) is 2.99. The molecule has 0 rings (SSSR count). The van der Waals surface area contributed by atoms with Gasteiger partial charge in [0.15, 0.2) is 0 Å². The molecule has 0 fully saturated rings. The van der Waals surface area contributed by atoms with Crippen LogP contribution in [0.2, 0.25) is 0 Å². The SMILES string of the molecule is CCCC(C)(CCS(=O)(=O)CC)CNC(C)C. The summed E-state index contributed by atoms with van der Waals surface area (Å²) in [6.07, 6.45) is 2.94. The second-order valence-corrected chi connectivity index (χ2v) is 8.06. The van der Waals surface area contributed by atoms with Crippen LogP contribution < -0.4 is 5.32 Å². The molecule has 104 valence electrons. The van der Waals surface area contributed by atoms with Crippen LogP contribution in [0.15, 0.2) is 0 Å². The van der Waals surface area contributed by atoms with Crippen LogP contribution in [-0.4, -0.2) is 32.5 Å². The average Bonchev–Trinajstić information content (AvgIpc) is 2.25. The first-order chi connectivity index (χ1) is 7.74. The van der Waals surface area contributed by atoms with Crippen molar-refractivity contribution in [2.45, 2.75) is 59.9 Å². The number of hydrogen-bond donors (Lipinski definition) is 1. The predicted molar refractivity (Wildman–Crippen MR) is 75.1 cm³/mol. The smallest absolute Gasteiger partial charge is 0.150 e. The maximum Gasteiger partial charge on any atom is 0.150 e. The molecular formula is C13H29NO2S. The second kappa shape index (κ2) is 7.37. The Morgan fingerprint density at radius 3 is 2.18 bits per heavy atom. The van der Waals surface area contributed by atoms with Gasteiger partial charge in [-0.15, -0.1) is 0 Å². The minimum atomic E-state index is -2.84. The van der Waals surface area contributed by atoms with Crippen LogP contribution >= 0.6 is 0 Å². The van der Waals surface area contributed by atoms with Crippen molar-refractivity contribution >= 4 is 9.84 Å². The quantitative estimate of drug-likeness (QED) is 0.695. The molecule has 0 saturated heterocycles. The highest BCUT2D eigenvalue weighted by Crippen LogP contribution is 2.27. The zero-order chi connectivity index (χ0) is 13.5. The molecule has 17 heavy (non-hydrogen) atoms. The van der Waals surface area contributed by atoms with Gasteiger partial charge in [-0.05, 0) is 18.3 Å². The molecule has 0 aromatic carbocycles. The van der Waals surface area contributed by atoms with E-state index in [4.69, 9.17) is 0 Å². The molecule has 3 nitrogen and oxygen atoms in total. The Morgan fingerprint density at radius 2 is 1.76 bits per heavy atom. The van der Waals surface area contributed by atoms with Gasteiger partial charge in [0.2, 0.25) is 0 Å². The molecule has 0 radical (unpaired) electrons.